The van der Waals surface area contributed by atoms with Crippen molar-refractivity contribution in [1.82, 2.24) is 15.0 Å². The van der Waals surface area contributed by atoms with E-state index in [1.165, 1.54) is 42.2 Å². The highest BCUT2D eigenvalue weighted by atomic mass is 32.2. The number of carbonyl (C=O) groups is 1. The number of nitrogens with two attached hydrogens (primary N) is 1. The van der Waals surface area contributed by atoms with Gasteiger partial charge >= 0.3 is 0 Å². The van der Waals surface area contributed by atoms with E-state index in [4.69, 9.17) is 5.73 Å². The molecule has 0 aliphatic rings. The molecule has 0 aliphatic carbocycles. The van der Waals surface area contributed by atoms with Crippen molar-refractivity contribution in [3.05, 3.63) is 95.8 Å². The Labute approximate surface area is 192 Å². The SMILES string of the molecule is Nc1cc(F)ccc1NC(=O)c1ccc(CSc2nccc(Nc3ncccc3F)n2)cc1. The Morgan fingerprint density at radius 1 is 1.00 bits per heavy atom. The number of pyridine rings is 1. The summed E-state index contributed by atoms with van der Waals surface area (Å²) in [7, 11) is 0. The number of aromatic nitrogens is 3. The normalized spacial score (nSPS) is 10.6. The summed E-state index contributed by atoms with van der Waals surface area (Å²) in [4.78, 5) is 25.0. The molecule has 0 saturated heterocycles. The van der Waals surface area contributed by atoms with Crippen molar-refractivity contribution in [2.45, 2.75) is 10.9 Å². The molecular formula is C23H18F2N6OS. The van der Waals surface area contributed by atoms with E-state index in [9.17, 15) is 13.6 Å². The van der Waals surface area contributed by atoms with Crippen molar-refractivity contribution < 1.29 is 13.6 Å². The second kappa shape index (κ2) is 10.0. The van der Waals surface area contributed by atoms with Crippen LogP contribution in [0.5, 0.6) is 0 Å². The number of anilines is 4. The fourth-order valence-electron chi connectivity index (χ4n) is 2.82. The van der Waals surface area contributed by atoms with Crippen LogP contribution in [0, 0.1) is 11.6 Å². The summed E-state index contributed by atoms with van der Waals surface area (Å²) in [6, 6.07) is 15.3. The Kier molecular flexibility index (Phi) is 6.75. The van der Waals surface area contributed by atoms with Gasteiger partial charge in [-0.25, -0.2) is 23.7 Å². The van der Waals surface area contributed by atoms with Gasteiger partial charge in [0, 0.05) is 23.7 Å². The largest absolute Gasteiger partial charge is 0.397 e. The molecule has 0 bridgehead atoms. The maximum absolute atomic E-state index is 13.8. The monoisotopic (exact) mass is 464 g/mol. The summed E-state index contributed by atoms with van der Waals surface area (Å²) in [6.45, 7) is 0. The second-order valence-electron chi connectivity index (χ2n) is 6.85. The zero-order valence-corrected chi connectivity index (χ0v) is 17.9. The minimum Gasteiger partial charge on any atom is -0.397 e. The minimum absolute atomic E-state index is 0.0865. The van der Waals surface area contributed by atoms with E-state index < -0.39 is 11.6 Å². The van der Waals surface area contributed by atoms with E-state index in [0.29, 0.717) is 28.0 Å². The van der Waals surface area contributed by atoms with Gasteiger partial charge < -0.3 is 16.4 Å². The smallest absolute Gasteiger partial charge is 0.255 e. The van der Waals surface area contributed by atoms with Gasteiger partial charge in [-0.15, -0.1) is 0 Å². The third kappa shape index (κ3) is 5.80. The molecule has 2 aromatic heterocycles. The summed E-state index contributed by atoms with van der Waals surface area (Å²) < 4.78 is 26.9. The second-order valence-corrected chi connectivity index (χ2v) is 7.80. The summed E-state index contributed by atoms with van der Waals surface area (Å²) in [5, 5.41) is 6.00. The highest BCUT2D eigenvalue weighted by molar-refractivity contribution is 7.98. The number of nitrogens with zero attached hydrogens (tertiary/aromatic N) is 3. The van der Waals surface area contributed by atoms with Gasteiger partial charge in [0.05, 0.1) is 11.4 Å². The Morgan fingerprint density at radius 3 is 2.58 bits per heavy atom. The molecule has 7 nitrogen and oxygen atoms in total. The number of hydrogen-bond acceptors (Lipinski definition) is 7. The molecular weight excluding hydrogens is 446 g/mol. The van der Waals surface area contributed by atoms with Crippen molar-refractivity contribution >= 4 is 40.7 Å². The lowest BCUT2D eigenvalue weighted by atomic mass is 10.1. The molecule has 4 rings (SSSR count). The van der Waals surface area contributed by atoms with E-state index >= 15 is 0 Å². The van der Waals surface area contributed by atoms with E-state index in [0.717, 1.165) is 11.6 Å². The molecule has 4 aromatic rings. The van der Waals surface area contributed by atoms with Crippen LogP contribution >= 0.6 is 11.8 Å². The Balaban J connectivity index is 1.36. The van der Waals surface area contributed by atoms with Crippen molar-refractivity contribution in [2.24, 2.45) is 0 Å². The topological polar surface area (TPSA) is 106 Å². The first-order valence-electron chi connectivity index (χ1n) is 9.76. The van der Waals surface area contributed by atoms with Crippen molar-refractivity contribution in [1.29, 1.82) is 0 Å². The lowest BCUT2D eigenvalue weighted by Gasteiger charge is -2.09. The fourth-order valence-corrected chi connectivity index (χ4v) is 3.61. The lowest BCUT2D eigenvalue weighted by Crippen LogP contribution is -2.13. The van der Waals surface area contributed by atoms with Gasteiger partial charge in [-0.3, -0.25) is 4.79 Å². The number of benzene rings is 2. The molecule has 2 heterocycles. The maximum atomic E-state index is 13.8. The Morgan fingerprint density at radius 2 is 1.82 bits per heavy atom. The predicted octanol–water partition coefficient (Wildman–Crippen LogP) is 5.02. The van der Waals surface area contributed by atoms with E-state index in [2.05, 4.69) is 25.6 Å². The summed E-state index contributed by atoms with van der Waals surface area (Å²) in [5.74, 6) is -0.219. The van der Waals surface area contributed by atoms with Gasteiger partial charge in [-0.1, -0.05) is 23.9 Å². The van der Waals surface area contributed by atoms with Crippen LogP contribution < -0.4 is 16.4 Å². The zero-order valence-electron chi connectivity index (χ0n) is 17.1. The number of nitrogen functional groups attached to an aromatic ring is 1. The molecule has 1 amide bonds. The van der Waals surface area contributed by atoms with E-state index in [1.54, 1.807) is 24.4 Å². The van der Waals surface area contributed by atoms with Gasteiger partial charge in [0.25, 0.3) is 5.91 Å². The number of carbonyl (C=O) groups excluding carboxylic acids is 1. The number of halogens is 2. The van der Waals surface area contributed by atoms with Crippen molar-refractivity contribution in [3.63, 3.8) is 0 Å². The van der Waals surface area contributed by atoms with Crippen molar-refractivity contribution in [3.8, 4) is 0 Å². The highest BCUT2D eigenvalue weighted by Crippen LogP contribution is 2.23. The van der Waals surface area contributed by atoms with Crippen LogP contribution in [0.2, 0.25) is 0 Å². The molecule has 4 N–H and O–H groups in total. The highest BCUT2D eigenvalue weighted by Gasteiger charge is 2.10. The van der Waals surface area contributed by atoms with Gasteiger partial charge in [-0.05, 0) is 54.1 Å². The number of hydrogen-bond donors (Lipinski definition) is 3. The average Bonchev–Trinajstić information content (AvgIpc) is 2.82. The Bertz CT molecular complexity index is 1290. The first-order chi connectivity index (χ1) is 16.0. The average molecular weight is 465 g/mol. The molecule has 0 spiro atoms. The van der Waals surface area contributed by atoms with Crippen LogP contribution in [0.1, 0.15) is 15.9 Å². The number of nitrogens with one attached hydrogen (secondary N) is 2. The molecule has 2 aromatic carbocycles. The molecule has 0 unspecified atom stereocenters. The minimum atomic E-state index is -0.475. The molecule has 10 heteroatoms. The third-order valence-electron chi connectivity index (χ3n) is 4.48. The van der Waals surface area contributed by atoms with Crippen LogP contribution in [0.4, 0.5) is 31.8 Å². The van der Waals surface area contributed by atoms with Gasteiger partial charge in [0.15, 0.2) is 16.8 Å². The molecule has 33 heavy (non-hydrogen) atoms. The van der Waals surface area contributed by atoms with Crippen LogP contribution in [0.3, 0.4) is 0 Å². The fraction of sp³-hybridized carbons (Fsp3) is 0.0435. The molecule has 0 radical (unpaired) electrons. The summed E-state index contributed by atoms with van der Waals surface area (Å²) >= 11 is 1.39. The lowest BCUT2D eigenvalue weighted by molar-refractivity contribution is 0.102. The first-order valence-corrected chi connectivity index (χ1v) is 10.8. The molecule has 0 aliphatic heterocycles. The molecule has 0 fully saturated rings. The zero-order chi connectivity index (χ0) is 23.2. The standard InChI is InChI=1S/C23H18F2N6OS/c24-16-7-8-19(18(26)12-16)29-22(32)15-5-3-14(4-6-15)13-33-23-28-11-9-20(31-23)30-21-17(25)2-1-10-27-21/h1-12H,13,26H2,(H,29,32)(H,27,28,30,31). The van der Waals surface area contributed by atoms with Crippen molar-refractivity contribution in [2.75, 3.05) is 16.4 Å². The summed E-state index contributed by atoms with van der Waals surface area (Å²) in [5.41, 5.74) is 7.62. The number of thioether (sulfide) groups is 1. The number of amides is 1. The van der Waals surface area contributed by atoms with E-state index in [1.807, 2.05) is 12.1 Å². The first kappa shape index (κ1) is 22.2. The van der Waals surface area contributed by atoms with Crippen LogP contribution in [0.25, 0.3) is 0 Å². The molecule has 0 atom stereocenters. The van der Waals surface area contributed by atoms with Crippen LogP contribution in [-0.4, -0.2) is 20.9 Å². The maximum Gasteiger partial charge on any atom is 0.255 e. The molecule has 166 valence electrons. The van der Waals surface area contributed by atoms with Gasteiger partial charge in [-0.2, -0.15) is 0 Å². The molecule has 0 saturated carbocycles. The quantitative estimate of drug-likeness (QED) is 0.200. The number of rotatable bonds is 7. The van der Waals surface area contributed by atoms with Crippen LogP contribution in [0.15, 0.2) is 78.2 Å². The third-order valence-corrected chi connectivity index (χ3v) is 5.42. The Hall–Kier alpha value is -4.05. The van der Waals surface area contributed by atoms with Gasteiger partial charge in [0.1, 0.15) is 11.6 Å². The summed E-state index contributed by atoms with van der Waals surface area (Å²) in [6.07, 6.45) is 3.06. The van der Waals surface area contributed by atoms with E-state index in [-0.39, 0.29) is 17.4 Å². The predicted molar refractivity (Wildman–Crippen MR) is 124 cm³/mol. The van der Waals surface area contributed by atoms with Crippen LogP contribution in [-0.2, 0) is 5.75 Å². The van der Waals surface area contributed by atoms with Gasteiger partial charge in [0.2, 0.25) is 0 Å².